The molecule has 0 aliphatic carbocycles. The summed E-state index contributed by atoms with van der Waals surface area (Å²) in [6.45, 7) is 13.2. The standard InChI is InChI=1S/C32H68N4.3ClH.Cr/c1-5-7-9-11-13-15-17-19-21-23-27-34-30-35(32-36(31-34)29-25-26-33(3)4)28-24-22-20-18-16-14-12-10-8-6-2;;;;/h5-32H2,1-4H3;3*1H;/q;;;;+3/p-3. The Hall–Kier alpha value is 1.24. The zero-order valence-electron chi connectivity index (χ0n) is 27.1. The van der Waals surface area contributed by atoms with Crippen LogP contribution in [0.4, 0.5) is 0 Å². The zero-order valence-corrected chi connectivity index (χ0v) is 30.7. The van der Waals surface area contributed by atoms with Crippen LogP contribution < -0.4 is 37.2 Å². The third-order valence-corrected chi connectivity index (χ3v) is 7.94. The summed E-state index contributed by atoms with van der Waals surface area (Å²) in [5.74, 6) is 0. The molecule has 243 valence electrons. The van der Waals surface area contributed by atoms with E-state index in [1.54, 1.807) is 0 Å². The summed E-state index contributed by atoms with van der Waals surface area (Å²) in [5.41, 5.74) is 0. The Labute approximate surface area is 281 Å². The predicted octanol–water partition coefficient (Wildman–Crippen LogP) is -0.418. The van der Waals surface area contributed by atoms with E-state index in [0.717, 1.165) is 0 Å². The van der Waals surface area contributed by atoms with Gasteiger partial charge in [-0.05, 0) is 39.9 Å². The summed E-state index contributed by atoms with van der Waals surface area (Å²) >= 11 is 0. The summed E-state index contributed by atoms with van der Waals surface area (Å²) < 4.78 is 0. The van der Waals surface area contributed by atoms with Crippen LogP contribution in [0.5, 0.6) is 0 Å². The Balaban J connectivity index is -0.00000162. The van der Waals surface area contributed by atoms with Gasteiger partial charge in [0.25, 0.3) is 0 Å². The second kappa shape index (κ2) is 36.4. The molecule has 4 nitrogen and oxygen atoms in total. The molecule has 1 aliphatic heterocycles. The molecule has 0 unspecified atom stereocenters. The Bertz CT molecular complexity index is 432. The molecule has 1 radical (unpaired) electrons. The van der Waals surface area contributed by atoms with Crippen molar-refractivity contribution in [1.82, 2.24) is 19.6 Å². The molecule has 1 saturated heterocycles. The number of rotatable bonds is 26. The number of halogens is 3. The average molecular weight is 667 g/mol. The molecule has 1 aliphatic rings. The van der Waals surface area contributed by atoms with Crippen LogP contribution in [0.1, 0.15) is 149 Å². The third kappa shape index (κ3) is 30.7. The minimum atomic E-state index is 0. The van der Waals surface area contributed by atoms with E-state index in [9.17, 15) is 0 Å². The topological polar surface area (TPSA) is 13.0 Å². The monoisotopic (exact) mass is 665 g/mol. The molecule has 8 heteroatoms. The van der Waals surface area contributed by atoms with Gasteiger partial charge in [0.15, 0.2) is 0 Å². The summed E-state index contributed by atoms with van der Waals surface area (Å²) in [6.07, 6.45) is 29.9. The molecule has 0 N–H and O–H groups in total. The van der Waals surface area contributed by atoms with Crippen molar-refractivity contribution in [3.05, 3.63) is 0 Å². The molecule has 1 heterocycles. The van der Waals surface area contributed by atoms with Gasteiger partial charge in [0.1, 0.15) is 0 Å². The molecule has 0 spiro atoms. The molecule has 0 aromatic heterocycles. The Morgan fingerprint density at radius 3 is 0.925 bits per heavy atom. The van der Waals surface area contributed by atoms with E-state index in [1.807, 2.05) is 0 Å². The SMILES string of the molecule is CCCCCCCCCCCCN1CN(CCCCCCCCCCCC)CN(CCCN(C)C)C1.[Cl-].[Cl-].[Cl-].[Cr+3]. The Kier molecular flexibility index (Phi) is 43.9. The quantitative estimate of drug-likeness (QED) is 0.116. The van der Waals surface area contributed by atoms with Crippen LogP contribution in [0.15, 0.2) is 0 Å². The number of unbranched alkanes of at least 4 members (excludes halogenated alkanes) is 18. The first-order valence-electron chi connectivity index (χ1n) is 16.5. The largest absolute Gasteiger partial charge is 3.00 e. The molecular formula is C32H68Cl3CrN4. The van der Waals surface area contributed by atoms with Crippen LogP contribution in [0.2, 0.25) is 0 Å². The minimum Gasteiger partial charge on any atom is -1.00 e. The van der Waals surface area contributed by atoms with E-state index in [2.05, 4.69) is 47.5 Å². The summed E-state index contributed by atoms with van der Waals surface area (Å²) in [6, 6.07) is 0. The van der Waals surface area contributed by atoms with Crippen molar-refractivity contribution >= 4 is 0 Å². The van der Waals surface area contributed by atoms with Gasteiger partial charge in [-0.15, -0.1) is 0 Å². The van der Waals surface area contributed by atoms with Crippen molar-refractivity contribution in [2.45, 2.75) is 149 Å². The minimum absolute atomic E-state index is 0. The second-order valence-corrected chi connectivity index (χ2v) is 12.1. The van der Waals surface area contributed by atoms with Gasteiger partial charge in [0.05, 0.1) is 20.0 Å². The fourth-order valence-electron chi connectivity index (χ4n) is 5.66. The molecule has 0 amide bonds. The Morgan fingerprint density at radius 1 is 0.400 bits per heavy atom. The van der Waals surface area contributed by atoms with Crippen LogP contribution in [-0.2, 0) is 17.4 Å². The first-order chi connectivity index (χ1) is 17.7. The van der Waals surface area contributed by atoms with Crippen molar-refractivity contribution in [2.75, 3.05) is 60.3 Å². The van der Waals surface area contributed by atoms with Crippen molar-refractivity contribution in [2.24, 2.45) is 0 Å². The fourth-order valence-corrected chi connectivity index (χ4v) is 5.66. The molecule has 0 saturated carbocycles. The smallest absolute Gasteiger partial charge is 1.00 e. The van der Waals surface area contributed by atoms with Crippen molar-refractivity contribution in [3.63, 3.8) is 0 Å². The van der Waals surface area contributed by atoms with Gasteiger partial charge < -0.3 is 42.1 Å². The van der Waals surface area contributed by atoms with Crippen LogP contribution in [0.25, 0.3) is 0 Å². The molecular weight excluding hydrogens is 599 g/mol. The van der Waals surface area contributed by atoms with Crippen LogP contribution in [0, 0.1) is 0 Å². The van der Waals surface area contributed by atoms with Crippen molar-refractivity contribution in [3.8, 4) is 0 Å². The van der Waals surface area contributed by atoms with Crippen LogP contribution in [0.3, 0.4) is 0 Å². The summed E-state index contributed by atoms with van der Waals surface area (Å²) in [7, 11) is 4.40. The van der Waals surface area contributed by atoms with Gasteiger partial charge in [-0.3, -0.25) is 14.7 Å². The molecule has 0 bridgehead atoms. The fraction of sp³-hybridized carbons (Fsp3) is 1.00. The summed E-state index contributed by atoms with van der Waals surface area (Å²) in [4.78, 5) is 10.5. The first kappa shape index (κ1) is 48.2. The molecule has 40 heavy (non-hydrogen) atoms. The molecule has 0 atom stereocenters. The number of hydrogen-bond donors (Lipinski definition) is 0. The number of hydrogen-bond acceptors (Lipinski definition) is 4. The van der Waals surface area contributed by atoms with E-state index < -0.39 is 0 Å². The van der Waals surface area contributed by atoms with E-state index in [-0.39, 0.29) is 54.6 Å². The zero-order chi connectivity index (χ0) is 26.1. The maximum atomic E-state index is 2.74. The van der Waals surface area contributed by atoms with Gasteiger partial charge in [-0.25, -0.2) is 0 Å². The predicted molar refractivity (Wildman–Crippen MR) is 162 cm³/mol. The van der Waals surface area contributed by atoms with Crippen LogP contribution in [-0.4, -0.2) is 79.9 Å². The normalized spacial score (nSPS) is 14.3. The number of nitrogens with zero attached hydrogens (tertiary/aromatic N) is 4. The van der Waals surface area contributed by atoms with E-state index in [0.29, 0.717) is 0 Å². The molecule has 1 rings (SSSR count). The van der Waals surface area contributed by atoms with E-state index >= 15 is 0 Å². The van der Waals surface area contributed by atoms with E-state index in [1.165, 1.54) is 181 Å². The van der Waals surface area contributed by atoms with Gasteiger partial charge in [0.2, 0.25) is 0 Å². The van der Waals surface area contributed by atoms with Gasteiger partial charge in [-0.2, -0.15) is 0 Å². The van der Waals surface area contributed by atoms with Gasteiger partial charge in [0, 0.05) is 19.6 Å². The molecule has 0 aromatic carbocycles. The van der Waals surface area contributed by atoms with Gasteiger partial charge >= 0.3 is 17.4 Å². The maximum Gasteiger partial charge on any atom is 3.00 e. The molecule has 0 aromatic rings. The van der Waals surface area contributed by atoms with Crippen molar-refractivity contribution in [1.29, 1.82) is 0 Å². The van der Waals surface area contributed by atoms with Gasteiger partial charge in [-0.1, -0.05) is 129 Å². The van der Waals surface area contributed by atoms with Crippen LogP contribution >= 0.6 is 0 Å². The second-order valence-electron chi connectivity index (χ2n) is 12.1. The Morgan fingerprint density at radius 2 is 0.650 bits per heavy atom. The summed E-state index contributed by atoms with van der Waals surface area (Å²) in [5, 5.41) is 0. The average Bonchev–Trinajstić information content (AvgIpc) is 2.86. The first-order valence-corrected chi connectivity index (χ1v) is 16.5. The molecule has 1 fully saturated rings. The van der Waals surface area contributed by atoms with Crippen molar-refractivity contribution < 1.29 is 54.6 Å². The van der Waals surface area contributed by atoms with E-state index in [4.69, 9.17) is 0 Å². The third-order valence-electron chi connectivity index (χ3n) is 7.94. The maximum absolute atomic E-state index is 2.74.